The van der Waals surface area contributed by atoms with E-state index in [1.165, 1.54) is 98.1 Å². The molecule has 1 aliphatic rings. The van der Waals surface area contributed by atoms with Crippen LogP contribution in [0.5, 0.6) is 11.5 Å². The molecule has 0 heterocycles. The van der Waals surface area contributed by atoms with Gasteiger partial charge in [0.25, 0.3) is 0 Å². The van der Waals surface area contributed by atoms with Gasteiger partial charge in [0.05, 0.1) is 14.6 Å². The van der Waals surface area contributed by atoms with E-state index in [0.717, 1.165) is 87.3 Å². The van der Waals surface area contributed by atoms with E-state index in [4.69, 9.17) is 15.2 Å². The monoisotopic (exact) mass is 1450 g/mol. The lowest BCUT2D eigenvalue weighted by molar-refractivity contribution is -0.130. The number of carbonyl (C=O) groups excluding carboxylic acids is 4. The highest BCUT2D eigenvalue weighted by Crippen LogP contribution is 2.41. The number of hydrogen-bond donors (Lipinski definition) is 2. The van der Waals surface area contributed by atoms with Crippen molar-refractivity contribution in [3.05, 3.63) is 364 Å². The van der Waals surface area contributed by atoms with Crippen LogP contribution in [0, 0.1) is 0 Å². The summed E-state index contributed by atoms with van der Waals surface area (Å²) in [6.07, 6.45) is 20.3. The van der Waals surface area contributed by atoms with Crippen LogP contribution in [0.15, 0.2) is 346 Å². The second-order valence-corrected chi connectivity index (χ2v) is 32.5. The van der Waals surface area contributed by atoms with Crippen LogP contribution < -0.4 is 20.5 Å². The maximum absolute atomic E-state index is 11.3. The van der Waals surface area contributed by atoms with E-state index in [9.17, 15) is 19.2 Å². The Morgan fingerprint density at radius 2 is 0.945 bits per heavy atom. The van der Waals surface area contributed by atoms with E-state index in [1.807, 2.05) is 152 Å². The molecule has 548 valence electrons. The molecule has 0 aromatic heterocycles. The van der Waals surface area contributed by atoms with Gasteiger partial charge in [-0.05, 0) is 181 Å². The summed E-state index contributed by atoms with van der Waals surface area (Å²) in [6, 6.07) is 98.3. The normalized spacial score (nSPS) is 10.8. The van der Waals surface area contributed by atoms with E-state index < -0.39 is 20.0 Å². The van der Waals surface area contributed by atoms with E-state index in [1.54, 1.807) is 30.3 Å². The second-order valence-electron chi connectivity index (χ2n) is 27.5. The van der Waals surface area contributed by atoms with Crippen molar-refractivity contribution in [1.29, 1.82) is 0 Å². The number of aryl methyl sites for hydroxylation is 2. The minimum atomic E-state index is -1.24. The zero-order valence-electron chi connectivity index (χ0n) is 63.1. The summed E-state index contributed by atoms with van der Waals surface area (Å²) in [4.78, 5) is 46.9. The number of aliphatic imine (C=N–C) groups is 1. The Labute approximate surface area is 643 Å². The summed E-state index contributed by atoms with van der Waals surface area (Å²) in [6.45, 7) is 23.6. The van der Waals surface area contributed by atoms with Gasteiger partial charge in [-0.1, -0.05) is 331 Å². The topological polar surface area (TPSA) is 137 Å². The highest BCUT2D eigenvalue weighted by molar-refractivity contribution is 6.95. The van der Waals surface area contributed by atoms with Crippen LogP contribution in [0.3, 0.4) is 0 Å². The average Bonchev–Trinajstić information content (AvgIpc) is 1.61. The van der Waals surface area contributed by atoms with Gasteiger partial charge in [0.1, 0.15) is 11.5 Å². The van der Waals surface area contributed by atoms with Gasteiger partial charge in [0.2, 0.25) is 12.0 Å². The first-order valence-corrected chi connectivity index (χ1v) is 40.7. The molecule has 1 aliphatic carbocycles. The number of unbranched alkanes of at least 4 members (excludes halogenated alkanes) is 6. The van der Waals surface area contributed by atoms with Gasteiger partial charge in [0, 0.05) is 33.8 Å². The number of hydrogen-bond acceptors (Lipinski definition) is 8. The Balaban J connectivity index is 0.000000147. The number of nitrogens with zero attached hydrogens (tertiary/aromatic N) is 1. The van der Waals surface area contributed by atoms with Crippen LogP contribution in [-0.2, 0) is 32.0 Å². The largest absolute Gasteiger partial charge is 0.423 e. The first-order valence-electron chi connectivity index (χ1n) is 37.2. The van der Waals surface area contributed by atoms with Crippen molar-refractivity contribution in [2.24, 2.45) is 4.99 Å². The third-order valence-electron chi connectivity index (χ3n) is 18.4. The molecule has 0 unspecified atom stereocenters. The molecule has 0 saturated heterocycles. The van der Waals surface area contributed by atoms with Crippen molar-refractivity contribution in [3.8, 4) is 11.5 Å². The highest BCUT2D eigenvalue weighted by Gasteiger charge is 2.27. The molecule has 3 N–H and O–H groups in total. The molecule has 14 aromatic carbocycles. The number of allylic oxidation sites excluding steroid dienone is 1. The summed E-state index contributed by atoms with van der Waals surface area (Å²) in [5.74, 6) is 0.0669. The molecular weight excluding hydrogens is 1360 g/mol. The molecular formula is C99H97N3O6Si. The third kappa shape index (κ3) is 24.5. The molecule has 109 heavy (non-hydrogen) atoms. The summed E-state index contributed by atoms with van der Waals surface area (Å²) in [7, 11) is -1.24. The highest BCUT2D eigenvalue weighted by atomic mass is 28.3. The van der Waals surface area contributed by atoms with Crippen molar-refractivity contribution in [3.63, 3.8) is 0 Å². The van der Waals surface area contributed by atoms with Gasteiger partial charge in [0.15, 0.2) is 0 Å². The molecule has 15 rings (SSSR count). The van der Waals surface area contributed by atoms with Gasteiger partial charge < -0.3 is 20.5 Å². The molecule has 14 aromatic rings. The Morgan fingerprint density at radius 3 is 1.53 bits per heavy atom. The molecule has 0 spiro atoms. The zero-order valence-corrected chi connectivity index (χ0v) is 64.1. The van der Waals surface area contributed by atoms with Crippen LogP contribution in [0.4, 0.5) is 11.4 Å². The number of amides is 1. The summed E-state index contributed by atoms with van der Waals surface area (Å²) in [5, 5.41) is 21.4. The predicted octanol–water partition coefficient (Wildman–Crippen LogP) is 25.6. The van der Waals surface area contributed by atoms with Gasteiger partial charge in [-0.3, -0.25) is 4.79 Å². The molecule has 10 heteroatoms. The van der Waals surface area contributed by atoms with Crippen LogP contribution in [0.2, 0.25) is 19.6 Å². The summed E-state index contributed by atoms with van der Waals surface area (Å²) < 4.78 is 10.2. The van der Waals surface area contributed by atoms with E-state index in [2.05, 4.69) is 196 Å². The summed E-state index contributed by atoms with van der Waals surface area (Å²) in [5.41, 5.74) is 13.6. The number of benzene rings is 14. The van der Waals surface area contributed by atoms with Gasteiger partial charge >= 0.3 is 11.9 Å². The molecule has 9 nitrogen and oxygen atoms in total. The minimum Gasteiger partial charge on any atom is -0.423 e. The Bertz CT molecular complexity index is 5520. The number of nitrogens with one attached hydrogen (secondary N) is 1. The number of fused-ring (bicyclic) bond motifs is 6. The predicted molar refractivity (Wildman–Crippen MR) is 466 cm³/mol. The Hall–Kier alpha value is -12.6. The van der Waals surface area contributed by atoms with E-state index in [-0.39, 0.29) is 5.91 Å². The first-order chi connectivity index (χ1) is 53.0. The van der Waals surface area contributed by atoms with Crippen molar-refractivity contribution < 1.29 is 28.7 Å². The van der Waals surface area contributed by atoms with Gasteiger partial charge in [-0.2, -0.15) is 0 Å². The fraction of sp³-hybridized carbons (Fsp3) is 0.152. The lowest BCUT2D eigenvalue weighted by atomic mass is 9.99. The maximum atomic E-state index is 11.3. The number of anilines is 2. The maximum Gasteiger partial charge on any atom is 0.338 e. The third-order valence-corrected chi connectivity index (χ3v) is 20.4. The zero-order chi connectivity index (χ0) is 77.2. The molecule has 0 radical (unpaired) electrons. The Morgan fingerprint density at radius 1 is 0.468 bits per heavy atom. The summed E-state index contributed by atoms with van der Waals surface area (Å²) >= 11 is 0. The Kier molecular flexibility index (Phi) is 31.0. The number of rotatable bonds is 20. The van der Waals surface area contributed by atoms with Crippen LogP contribution >= 0.6 is 0 Å². The molecule has 0 saturated carbocycles. The molecule has 0 fully saturated rings. The average molecular weight is 1450 g/mol. The molecule has 0 atom stereocenters. The van der Waals surface area contributed by atoms with Crippen LogP contribution in [-0.4, -0.2) is 38.5 Å². The lowest BCUT2D eigenvalue weighted by Crippen LogP contribution is -2.21. The fourth-order valence-corrected chi connectivity index (χ4v) is 14.4. The smallest absolute Gasteiger partial charge is 0.338 e. The van der Waals surface area contributed by atoms with E-state index >= 15 is 0 Å². The molecule has 1 amide bonds. The standard InChI is InChI=1S/C18H22.C16H17NO.C15H16Si.C14H12O2.C13H11NO.C13H10O2.C10H9N/c1-2-3-4-5-6-7-11-16-13-10-14-17-12-8-9-15-18(16)17;18-13-17-11-5-1-2-6-14-9-10-15-7-3-4-8-16(15)12-14;1-16(2,3)14-10-12-8-4-6-11-7-5-9-13(14)15(11)12;1-10(2)14(15)16-13-8-7-11-5-3-4-6-12(11)9-13;1-2-13(15)14-12-9-5-7-10-6-3-4-8-11(10)12;1-2-13(14)15-12-8-7-10-5-3-4-6-11(10)9-12;11-10-7-3-5-8-4-1-2-6-9(8)10/h2,8-10,12-15H,1,3-7,11H2;3-4,7-10,12H,1-2,5-6,11H2;4-10H,1-3H3;3-9H,1H2,2H3;2-9H,1H2,(H,14,15);2-9H,1H2;1-7H,11H2. The van der Waals surface area contributed by atoms with Crippen molar-refractivity contribution >= 4 is 130 Å². The number of carbonyl (C=O) groups is 3. The number of nitrogens with two attached hydrogens (primary N) is 1. The molecule has 0 aliphatic heterocycles. The number of isocyanates is 1. The van der Waals surface area contributed by atoms with E-state index in [0.29, 0.717) is 23.6 Å². The SMILES string of the molecule is C=C(C)C(=O)Oc1ccc2ccccc2c1.C=CC(=O)Nc1cccc2ccccc12.C=CC(=O)Oc1ccc2ccccc2c1.C=CCCCCCCc1cccc2ccccc12.C[Si](C)(C)C1=Cc2cccc3cccc1c23.Nc1cccc2ccccc12.O=C=NCCCCCc1ccc2ccccc2c1. The van der Waals surface area contributed by atoms with Crippen molar-refractivity contribution in [2.45, 2.75) is 90.8 Å². The minimum absolute atomic E-state index is 0.189. The first kappa shape index (κ1) is 80.5. The fourth-order valence-electron chi connectivity index (χ4n) is 12.8. The number of esters is 2. The number of ether oxygens (including phenoxy) is 2. The lowest BCUT2D eigenvalue weighted by Gasteiger charge is -2.19. The van der Waals surface area contributed by atoms with Crippen molar-refractivity contribution in [2.75, 3.05) is 17.6 Å². The quantitative estimate of drug-likeness (QED) is 0.00892. The second kappa shape index (κ2) is 41.9. The van der Waals surface area contributed by atoms with Crippen LogP contribution in [0.1, 0.15) is 80.5 Å². The number of nitrogen functional groups attached to an aromatic ring is 1. The van der Waals surface area contributed by atoms with Crippen molar-refractivity contribution in [1.82, 2.24) is 0 Å². The van der Waals surface area contributed by atoms with Gasteiger partial charge in [-0.15, -0.1) is 6.58 Å². The molecule has 0 bridgehead atoms. The van der Waals surface area contributed by atoms with Gasteiger partial charge in [-0.25, -0.2) is 19.4 Å². The van der Waals surface area contributed by atoms with Crippen LogP contribution in [0.25, 0.3) is 86.7 Å².